The lowest BCUT2D eigenvalue weighted by Crippen LogP contribution is -2.45. The van der Waals surface area contributed by atoms with Gasteiger partial charge in [0.1, 0.15) is 15.4 Å². The van der Waals surface area contributed by atoms with Crippen molar-refractivity contribution in [3.63, 3.8) is 0 Å². The van der Waals surface area contributed by atoms with Crippen molar-refractivity contribution < 1.29 is 8.42 Å². The van der Waals surface area contributed by atoms with E-state index in [0.717, 1.165) is 19.3 Å². The Morgan fingerprint density at radius 3 is 2.63 bits per heavy atom. The van der Waals surface area contributed by atoms with E-state index in [-0.39, 0.29) is 11.3 Å². The van der Waals surface area contributed by atoms with Crippen molar-refractivity contribution in [2.75, 3.05) is 25.6 Å². The fraction of sp³-hybridized carbons (Fsp3) is 0.923. The van der Waals surface area contributed by atoms with Crippen LogP contribution in [0.4, 0.5) is 0 Å². The molecule has 0 amide bonds. The summed E-state index contributed by atoms with van der Waals surface area (Å²) in [4.78, 5) is 2.09. The molecule has 108 valence electrons. The van der Waals surface area contributed by atoms with E-state index in [1.54, 1.807) is 0 Å². The Bertz CT molecular complexity index is 467. The summed E-state index contributed by atoms with van der Waals surface area (Å²) in [6, 6.07) is 3.29. The number of hydrogen-bond donors (Lipinski definition) is 1. The Morgan fingerprint density at radius 2 is 2.11 bits per heavy atom. The third-order valence-corrected chi connectivity index (χ3v) is 5.12. The van der Waals surface area contributed by atoms with Crippen LogP contribution in [0.3, 0.4) is 0 Å². The molecule has 0 radical (unpaired) electrons. The van der Waals surface area contributed by atoms with Gasteiger partial charge in [-0.25, -0.2) is 8.42 Å². The summed E-state index contributed by atoms with van der Waals surface area (Å²) in [5.41, 5.74) is -0.384. The normalized spacial score (nSPS) is 31.6. The van der Waals surface area contributed by atoms with Crippen LogP contribution in [0.25, 0.3) is 0 Å². The topological polar surface area (TPSA) is 73.2 Å². The first-order chi connectivity index (χ1) is 8.84. The highest BCUT2D eigenvalue weighted by Gasteiger charge is 2.43. The molecule has 19 heavy (non-hydrogen) atoms. The highest BCUT2D eigenvalue weighted by molar-refractivity contribution is 7.90. The predicted molar refractivity (Wildman–Crippen MR) is 74.5 cm³/mol. The molecule has 2 aliphatic rings. The molecule has 6 heteroatoms. The largest absolute Gasteiger partial charge is 0.302 e. The average molecular weight is 285 g/mol. The molecule has 0 aliphatic heterocycles. The van der Waals surface area contributed by atoms with Crippen molar-refractivity contribution >= 4 is 9.84 Å². The number of sulfone groups is 1. The summed E-state index contributed by atoms with van der Waals surface area (Å²) in [6.07, 6.45) is 6.27. The molecule has 2 saturated carbocycles. The fourth-order valence-electron chi connectivity index (χ4n) is 2.77. The van der Waals surface area contributed by atoms with Crippen LogP contribution in [0, 0.1) is 11.3 Å². The minimum absolute atomic E-state index is 0.190. The van der Waals surface area contributed by atoms with Gasteiger partial charge in [0.15, 0.2) is 0 Å². The first-order valence-corrected chi connectivity index (χ1v) is 8.96. The SMILES string of the molecule is CN(CCS(C)(=O)=O)C1CCC(C#N)(NC2CC2)C1. The van der Waals surface area contributed by atoms with Gasteiger partial charge in [0.05, 0.1) is 11.8 Å². The third kappa shape index (κ3) is 4.16. The van der Waals surface area contributed by atoms with Crippen LogP contribution in [0.2, 0.25) is 0 Å². The molecule has 0 spiro atoms. The van der Waals surface area contributed by atoms with E-state index in [1.165, 1.54) is 19.1 Å². The van der Waals surface area contributed by atoms with Crippen molar-refractivity contribution in [1.82, 2.24) is 10.2 Å². The summed E-state index contributed by atoms with van der Waals surface area (Å²) in [7, 11) is -0.956. The molecule has 2 unspecified atom stereocenters. The second kappa shape index (κ2) is 5.39. The van der Waals surface area contributed by atoms with Crippen LogP contribution in [0.1, 0.15) is 32.1 Å². The molecule has 0 aromatic carbocycles. The van der Waals surface area contributed by atoms with Gasteiger partial charge in [-0.1, -0.05) is 0 Å². The van der Waals surface area contributed by atoms with Crippen LogP contribution in [0.5, 0.6) is 0 Å². The number of rotatable bonds is 6. The van der Waals surface area contributed by atoms with E-state index in [4.69, 9.17) is 0 Å². The Kier molecular flexibility index (Phi) is 4.19. The van der Waals surface area contributed by atoms with Gasteiger partial charge in [-0.3, -0.25) is 5.32 Å². The summed E-state index contributed by atoms with van der Waals surface area (Å²) in [6.45, 7) is 0.550. The zero-order chi connectivity index (χ0) is 14.1. The molecule has 2 aliphatic carbocycles. The first kappa shape index (κ1) is 14.8. The molecule has 1 N–H and O–H groups in total. The van der Waals surface area contributed by atoms with Gasteiger partial charge in [-0.15, -0.1) is 0 Å². The van der Waals surface area contributed by atoms with Crippen LogP contribution in [-0.2, 0) is 9.84 Å². The van der Waals surface area contributed by atoms with Gasteiger partial charge in [0.2, 0.25) is 0 Å². The fourth-order valence-corrected chi connectivity index (χ4v) is 3.39. The van der Waals surface area contributed by atoms with Crippen LogP contribution in [-0.4, -0.2) is 56.5 Å². The Balaban J connectivity index is 1.87. The summed E-state index contributed by atoms with van der Waals surface area (Å²) >= 11 is 0. The number of hydrogen-bond acceptors (Lipinski definition) is 5. The molecule has 5 nitrogen and oxygen atoms in total. The van der Waals surface area contributed by atoms with E-state index in [2.05, 4.69) is 16.3 Å². The molecule has 0 aromatic rings. The lowest BCUT2D eigenvalue weighted by atomic mass is 9.99. The van der Waals surface area contributed by atoms with E-state index in [9.17, 15) is 13.7 Å². The van der Waals surface area contributed by atoms with E-state index >= 15 is 0 Å². The Morgan fingerprint density at radius 1 is 1.42 bits per heavy atom. The second-order valence-electron chi connectivity index (χ2n) is 6.12. The molecule has 0 aromatic heterocycles. The van der Waals surface area contributed by atoms with E-state index in [0.29, 0.717) is 18.6 Å². The summed E-state index contributed by atoms with van der Waals surface area (Å²) < 4.78 is 22.4. The summed E-state index contributed by atoms with van der Waals surface area (Å²) in [5.74, 6) is 0.190. The maximum Gasteiger partial charge on any atom is 0.148 e. The van der Waals surface area contributed by atoms with E-state index in [1.807, 2.05) is 7.05 Å². The molecule has 2 rings (SSSR count). The molecule has 0 saturated heterocycles. The van der Waals surface area contributed by atoms with Crippen molar-refractivity contribution in [2.24, 2.45) is 0 Å². The molecule has 0 heterocycles. The first-order valence-electron chi connectivity index (χ1n) is 6.90. The highest BCUT2D eigenvalue weighted by Crippen LogP contribution is 2.35. The Labute approximate surface area is 115 Å². The number of nitrogens with one attached hydrogen (secondary N) is 1. The van der Waals surface area contributed by atoms with Gasteiger partial charge in [0.25, 0.3) is 0 Å². The average Bonchev–Trinajstić information content (AvgIpc) is 3.03. The van der Waals surface area contributed by atoms with Crippen molar-refractivity contribution in [2.45, 2.75) is 49.7 Å². The molecule has 2 atom stereocenters. The third-order valence-electron chi connectivity index (χ3n) is 4.20. The predicted octanol–water partition coefficient (Wildman–Crippen LogP) is 0.530. The van der Waals surface area contributed by atoms with Gasteiger partial charge in [-0.05, 0) is 39.2 Å². The minimum Gasteiger partial charge on any atom is -0.302 e. The molecular weight excluding hydrogens is 262 g/mol. The maximum absolute atomic E-state index is 11.2. The van der Waals surface area contributed by atoms with Gasteiger partial charge in [-0.2, -0.15) is 5.26 Å². The zero-order valence-electron chi connectivity index (χ0n) is 11.7. The van der Waals surface area contributed by atoms with Gasteiger partial charge >= 0.3 is 0 Å². The van der Waals surface area contributed by atoms with Crippen LogP contribution >= 0.6 is 0 Å². The van der Waals surface area contributed by atoms with Crippen LogP contribution < -0.4 is 5.32 Å². The monoisotopic (exact) mass is 285 g/mol. The second-order valence-corrected chi connectivity index (χ2v) is 8.38. The Hall–Kier alpha value is -0.640. The van der Waals surface area contributed by atoms with Gasteiger partial charge < -0.3 is 4.90 Å². The lowest BCUT2D eigenvalue weighted by Gasteiger charge is -2.27. The number of nitriles is 1. The minimum atomic E-state index is -2.91. The maximum atomic E-state index is 11.2. The summed E-state index contributed by atoms with van der Waals surface area (Å²) in [5, 5.41) is 12.9. The van der Waals surface area contributed by atoms with Crippen molar-refractivity contribution in [1.29, 1.82) is 5.26 Å². The van der Waals surface area contributed by atoms with Crippen LogP contribution in [0.15, 0.2) is 0 Å². The van der Waals surface area contributed by atoms with Crippen molar-refractivity contribution in [3.05, 3.63) is 0 Å². The highest BCUT2D eigenvalue weighted by atomic mass is 32.2. The lowest BCUT2D eigenvalue weighted by molar-refractivity contribution is 0.248. The van der Waals surface area contributed by atoms with Crippen molar-refractivity contribution in [3.8, 4) is 6.07 Å². The zero-order valence-corrected chi connectivity index (χ0v) is 12.5. The van der Waals surface area contributed by atoms with E-state index < -0.39 is 9.84 Å². The molecular formula is C13H23N3O2S. The number of nitrogens with zero attached hydrogens (tertiary/aromatic N) is 2. The smallest absolute Gasteiger partial charge is 0.148 e. The quantitative estimate of drug-likeness (QED) is 0.770. The standard InChI is InChI=1S/C13H23N3O2S/c1-16(7-8-19(2,17)18)12-5-6-13(9-12,10-14)15-11-3-4-11/h11-12,15H,3-9H2,1-2H3. The molecule has 2 fully saturated rings. The van der Waals surface area contributed by atoms with Gasteiger partial charge in [0, 0.05) is 24.9 Å². The molecule has 0 bridgehead atoms.